The molecule has 43 heavy (non-hydrogen) atoms. The molecule has 0 heterocycles. The van der Waals surface area contributed by atoms with Crippen molar-refractivity contribution >= 4 is 8.78 Å². The molecule has 1 atom stereocenters. The fourth-order valence-corrected chi connectivity index (χ4v) is 11.7. The molecule has 217 valence electrons. The third-order valence-corrected chi connectivity index (χ3v) is 13.8. The summed E-state index contributed by atoms with van der Waals surface area (Å²) in [5.74, 6) is 0. The third kappa shape index (κ3) is 5.38. The summed E-state index contributed by atoms with van der Waals surface area (Å²) in [4.78, 5) is 0. The number of fused-ring (bicyclic) bond motifs is 3. The molecule has 0 radical (unpaired) electrons. The van der Waals surface area contributed by atoms with Crippen molar-refractivity contribution in [1.29, 1.82) is 0 Å². The van der Waals surface area contributed by atoms with Crippen molar-refractivity contribution in [2.24, 2.45) is 0 Å². The van der Waals surface area contributed by atoms with Crippen LogP contribution in [-0.4, -0.2) is 3.21 Å². The average molecular weight is 641 g/mol. The Morgan fingerprint density at radius 2 is 1.30 bits per heavy atom. The van der Waals surface area contributed by atoms with Crippen molar-refractivity contribution < 1.29 is 22.8 Å². The van der Waals surface area contributed by atoms with E-state index in [0.29, 0.717) is 3.63 Å². The Hall–Kier alpha value is -2.89. The Balaban J connectivity index is 1.78. The van der Waals surface area contributed by atoms with Gasteiger partial charge in [-0.1, -0.05) is 0 Å². The van der Waals surface area contributed by atoms with Crippen LogP contribution in [0.3, 0.4) is 0 Å². The summed E-state index contributed by atoms with van der Waals surface area (Å²) in [6.07, 6.45) is 8.03. The minimum atomic E-state index is -1.26. The molecule has 2 aliphatic carbocycles. The second-order valence-electron chi connectivity index (χ2n) is 14.6. The van der Waals surface area contributed by atoms with Gasteiger partial charge >= 0.3 is 273 Å². The van der Waals surface area contributed by atoms with Crippen molar-refractivity contribution in [1.82, 2.24) is 0 Å². The van der Waals surface area contributed by atoms with Crippen LogP contribution in [0.2, 0.25) is 0 Å². The van der Waals surface area contributed by atoms with E-state index in [4.69, 9.17) is 0 Å². The minimum absolute atomic E-state index is 0.0457. The van der Waals surface area contributed by atoms with Gasteiger partial charge in [-0.15, -0.1) is 0 Å². The fourth-order valence-electron chi connectivity index (χ4n) is 7.35. The summed E-state index contributed by atoms with van der Waals surface area (Å²) in [5, 5.41) is 0. The van der Waals surface area contributed by atoms with E-state index >= 15 is 0 Å². The standard InChI is InChI=1S/C29H35.C13H10.Zr/c1-17-14-22(28(4,5)6)15-21-16-23-25(24(17)21)18(2)19(3)27(29(7,8)9)26(23)20-12-10-11-13-20;1-3-7-12(8-4-1)11-13-9-5-2-6-10-13;/h10-12,14-16H,13H2,1-9H3;1-10H;. The molecule has 1 unspecified atom stereocenters. The van der Waals surface area contributed by atoms with Gasteiger partial charge in [-0.3, -0.25) is 0 Å². The zero-order chi connectivity index (χ0) is 30.7. The van der Waals surface area contributed by atoms with Crippen LogP contribution >= 0.6 is 0 Å². The number of benzene rings is 4. The second-order valence-corrected chi connectivity index (χ2v) is 17.9. The Morgan fingerprint density at radius 3 is 1.81 bits per heavy atom. The molecule has 0 amide bonds. The molecule has 0 aliphatic heterocycles. The second kappa shape index (κ2) is 11.2. The number of rotatable bonds is 4. The Labute approximate surface area is 271 Å². The van der Waals surface area contributed by atoms with Crippen LogP contribution in [0.15, 0.2) is 91.0 Å². The van der Waals surface area contributed by atoms with E-state index in [9.17, 15) is 0 Å². The zero-order valence-corrected chi connectivity index (χ0v) is 29.9. The molecule has 6 rings (SSSR count). The monoisotopic (exact) mass is 639 g/mol. The van der Waals surface area contributed by atoms with Crippen molar-refractivity contribution in [3.8, 4) is 11.1 Å². The van der Waals surface area contributed by atoms with E-state index in [2.05, 4.69) is 153 Å². The van der Waals surface area contributed by atoms with Crippen molar-refractivity contribution in [2.45, 2.75) is 83.2 Å². The molecule has 0 fully saturated rings. The first-order valence-electron chi connectivity index (χ1n) is 15.8. The van der Waals surface area contributed by atoms with Crippen LogP contribution in [-0.2, 0) is 33.6 Å². The number of aryl methyl sites for hydroxylation is 1. The normalized spacial score (nSPS) is 15.7. The molecule has 4 aromatic carbocycles. The molecule has 0 N–H and O–H groups in total. The Morgan fingerprint density at radius 1 is 0.698 bits per heavy atom. The summed E-state index contributed by atoms with van der Waals surface area (Å²) in [6.45, 7) is 21.5. The van der Waals surface area contributed by atoms with E-state index in [1.54, 1.807) is 25.5 Å². The molecule has 0 bridgehead atoms. The Bertz CT molecular complexity index is 1760. The van der Waals surface area contributed by atoms with Gasteiger partial charge in [0.05, 0.1) is 0 Å². The molecule has 0 spiro atoms. The van der Waals surface area contributed by atoms with E-state index in [0.717, 1.165) is 6.42 Å². The van der Waals surface area contributed by atoms with Crippen molar-refractivity contribution in [3.63, 3.8) is 0 Å². The first-order valence-corrected chi connectivity index (χ1v) is 18.5. The van der Waals surface area contributed by atoms with Gasteiger partial charge in [-0.2, -0.15) is 0 Å². The summed E-state index contributed by atoms with van der Waals surface area (Å²) in [7, 11) is 0. The Kier molecular flexibility index (Phi) is 7.88. The summed E-state index contributed by atoms with van der Waals surface area (Å²) >= 11 is -1.26. The molecule has 0 aromatic heterocycles. The van der Waals surface area contributed by atoms with Gasteiger partial charge in [0.15, 0.2) is 0 Å². The number of hydrogen-bond donors (Lipinski definition) is 0. The van der Waals surface area contributed by atoms with Gasteiger partial charge in [0.2, 0.25) is 0 Å². The van der Waals surface area contributed by atoms with Gasteiger partial charge in [-0.05, 0) is 0 Å². The van der Waals surface area contributed by atoms with Gasteiger partial charge in [0.1, 0.15) is 0 Å². The van der Waals surface area contributed by atoms with Gasteiger partial charge in [0, 0.05) is 0 Å². The van der Waals surface area contributed by atoms with E-state index in [-0.39, 0.29) is 10.8 Å². The van der Waals surface area contributed by atoms with Crippen molar-refractivity contribution in [2.75, 3.05) is 0 Å². The summed E-state index contributed by atoms with van der Waals surface area (Å²) < 4.78 is 2.02. The zero-order valence-electron chi connectivity index (χ0n) is 27.4. The molecular weight excluding hydrogens is 596 g/mol. The molecule has 0 nitrogen and oxygen atoms in total. The number of allylic oxidation sites excluding steroid dienone is 4. The maximum absolute atomic E-state index is 2.61. The fraction of sp³-hybridized carbons (Fsp3) is 0.310. The van der Waals surface area contributed by atoms with Gasteiger partial charge in [-0.25, -0.2) is 0 Å². The SMILES string of the molecule is Cc1cc(C(C)(C)C)cc2c1-c1c(C)c(C)c(C(C)(C)C)c(C3=CC=CC3)c1[CH]2[Zr]=[C](c1ccccc1)c1ccccc1. The van der Waals surface area contributed by atoms with E-state index in [1.165, 1.54) is 50.1 Å². The molecule has 1 heteroatoms. The number of hydrogen-bond acceptors (Lipinski definition) is 0. The quantitative estimate of drug-likeness (QED) is 0.208. The molecule has 2 aliphatic rings. The van der Waals surface area contributed by atoms with Crippen LogP contribution in [0.1, 0.15) is 107 Å². The molecule has 4 aromatic rings. The van der Waals surface area contributed by atoms with Crippen molar-refractivity contribution in [3.05, 3.63) is 147 Å². The average Bonchev–Trinajstić information content (AvgIpc) is 3.60. The summed E-state index contributed by atoms with van der Waals surface area (Å²) in [6, 6.07) is 27.6. The predicted molar refractivity (Wildman–Crippen MR) is 183 cm³/mol. The maximum atomic E-state index is 2.61. The molecule has 0 saturated heterocycles. The van der Waals surface area contributed by atoms with Crippen LogP contribution < -0.4 is 0 Å². The van der Waals surface area contributed by atoms with E-state index < -0.39 is 22.8 Å². The molecule has 0 saturated carbocycles. The first-order chi connectivity index (χ1) is 20.4. The van der Waals surface area contributed by atoms with Crippen LogP contribution in [0.4, 0.5) is 0 Å². The van der Waals surface area contributed by atoms with Gasteiger partial charge in [0.25, 0.3) is 0 Å². The van der Waals surface area contributed by atoms with Gasteiger partial charge < -0.3 is 0 Å². The molecular formula is C42H45Zr. The van der Waals surface area contributed by atoms with E-state index in [1.807, 2.05) is 0 Å². The first kappa shape index (κ1) is 30.2. The van der Waals surface area contributed by atoms with Crippen LogP contribution in [0.5, 0.6) is 0 Å². The predicted octanol–water partition coefficient (Wildman–Crippen LogP) is 11.0. The summed E-state index contributed by atoms with van der Waals surface area (Å²) in [5.41, 5.74) is 19.6. The third-order valence-electron chi connectivity index (χ3n) is 9.44. The van der Waals surface area contributed by atoms with Crippen LogP contribution in [0, 0.1) is 20.8 Å². The van der Waals surface area contributed by atoms with Crippen LogP contribution in [0.25, 0.3) is 16.7 Å². The topological polar surface area (TPSA) is 0 Å².